The zero-order valence-corrected chi connectivity index (χ0v) is 13.9. The van der Waals surface area contributed by atoms with Gasteiger partial charge >= 0.3 is 0 Å². The van der Waals surface area contributed by atoms with Gasteiger partial charge in [0.2, 0.25) is 5.91 Å². The van der Waals surface area contributed by atoms with Crippen LogP contribution in [0.1, 0.15) is 11.6 Å². The predicted octanol–water partition coefficient (Wildman–Crippen LogP) is 2.28. The molecule has 0 saturated carbocycles. The van der Waals surface area contributed by atoms with E-state index in [1.807, 2.05) is 59.5 Å². The summed E-state index contributed by atoms with van der Waals surface area (Å²) in [7, 11) is 1.66. The highest BCUT2D eigenvalue weighted by Gasteiger charge is 2.29. The van der Waals surface area contributed by atoms with Gasteiger partial charge in [-0.25, -0.2) is 0 Å². The predicted molar refractivity (Wildman–Crippen MR) is 95.2 cm³/mol. The maximum Gasteiger partial charge on any atom is 0.242 e. The van der Waals surface area contributed by atoms with Crippen molar-refractivity contribution in [1.82, 2.24) is 10.2 Å². The second kappa shape index (κ2) is 7.84. The highest BCUT2D eigenvalue weighted by Crippen LogP contribution is 2.30. The molecule has 3 rings (SSSR count). The zero-order valence-electron chi connectivity index (χ0n) is 13.9. The highest BCUT2D eigenvalue weighted by atomic mass is 16.5. The van der Waals surface area contributed by atoms with Gasteiger partial charge in [0.25, 0.3) is 0 Å². The molecule has 24 heavy (non-hydrogen) atoms. The third kappa shape index (κ3) is 3.68. The molecule has 1 saturated heterocycles. The van der Waals surface area contributed by atoms with Crippen molar-refractivity contribution in [2.24, 2.45) is 0 Å². The molecular weight excluding hydrogens is 302 g/mol. The number of amides is 1. The van der Waals surface area contributed by atoms with E-state index >= 15 is 0 Å². The van der Waals surface area contributed by atoms with Gasteiger partial charge in [-0.2, -0.15) is 0 Å². The van der Waals surface area contributed by atoms with Crippen LogP contribution in [0.25, 0.3) is 0 Å². The van der Waals surface area contributed by atoms with Crippen LogP contribution < -0.4 is 15.4 Å². The van der Waals surface area contributed by atoms with E-state index < -0.39 is 0 Å². The number of nitrogens with zero attached hydrogens (tertiary/aromatic N) is 1. The van der Waals surface area contributed by atoms with Gasteiger partial charge < -0.3 is 20.3 Å². The van der Waals surface area contributed by atoms with Gasteiger partial charge in [-0.15, -0.1) is 0 Å². The van der Waals surface area contributed by atoms with E-state index in [1.165, 1.54) is 0 Å². The molecule has 1 aliphatic heterocycles. The molecule has 1 aliphatic rings. The molecule has 5 heteroatoms. The molecule has 1 heterocycles. The third-order valence-electron chi connectivity index (χ3n) is 4.28. The molecule has 1 fully saturated rings. The minimum absolute atomic E-state index is 0.0139. The van der Waals surface area contributed by atoms with Crippen LogP contribution in [0, 0.1) is 0 Å². The molecule has 0 aromatic heterocycles. The topological polar surface area (TPSA) is 53.6 Å². The van der Waals surface area contributed by atoms with Crippen molar-refractivity contribution in [3.63, 3.8) is 0 Å². The Morgan fingerprint density at radius 2 is 1.96 bits per heavy atom. The van der Waals surface area contributed by atoms with Crippen LogP contribution in [0.2, 0.25) is 0 Å². The Bertz CT molecular complexity index is 675. The van der Waals surface area contributed by atoms with Crippen molar-refractivity contribution in [2.75, 3.05) is 38.6 Å². The van der Waals surface area contributed by atoms with Gasteiger partial charge in [0.15, 0.2) is 0 Å². The summed E-state index contributed by atoms with van der Waals surface area (Å²) in [6.07, 6.45) is 0. The number of hydrogen-bond donors (Lipinski definition) is 2. The van der Waals surface area contributed by atoms with Crippen molar-refractivity contribution >= 4 is 11.6 Å². The fourth-order valence-corrected chi connectivity index (χ4v) is 3.06. The molecule has 1 atom stereocenters. The average molecular weight is 325 g/mol. The molecule has 1 unspecified atom stereocenters. The Morgan fingerprint density at radius 3 is 2.75 bits per heavy atom. The van der Waals surface area contributed by atoms with Gasteiger partial charge in [-0.1, -0.05) is 36.4 Å². The molecule has 0 bridgehead atoms. The molecule has 1 amide bonds. The summed E-state index contributed by atoms with van der Waals surface area (Å²) in [5, 5.41) is 6.57. The molecule has 0 aliphatic carbocycles. The number of carbonyl (C=O) groups is 1. The Balaban J connectivity index is 1.73. The minimum Gasteiger partial charge on any atom is -0.496 e. The Hall–Kier alpha value is -2.53. The monoisotopic (exact) mass is 325 g/mol. The molecule has 2 aromatic rings. The van der Waals surface area contributed by atoms with E-state index in [1.54, 1.807) is 7.11 Å². The lowest BCUT2D eigenvalue weighted by Gasteiger charge is -2.37. The Kier molecular flexibility index (Phi) is 5.33. The fourth-order valence-electron chi connectivity index (χ4n) is 3.06. The van der Waals surface area contributed by atoms with Crippen molar-refractivity contribution in [2.45, 2.75) is 6.04 Å². The number of methoxy groups -OCH3 is 1. The van der Waals surface area contributed by atoms with E-state index in [0.717, 1.165) is 30.1 Å². The van der Waals surface area contributed by atoms with Crippen LogP contribution in [0.3, 0.4) is 0 Å². The fraction of sp³-hybridized carbons (Fsp3) is 0.316. The van der Waals surface area contributed by atoms with Crippen molar-refractivity contribution in [3.8, 4) is 5.75 Å². The van der Waals surface area contributed by atoms with Crippen LogP contribution in [0.5, 0.6) is 5.75 Å². The van der Waals surface area contributed by atoms with E-state index in [2.05, 4.69) is 10.6 Å². The summed E-state index contributed by atoms with van der Waals surface area (Å²) in [6.45, 7) is 2.52. The average Bonchev–Trinajstić information content (AvgIpc) is 2.67. The number of hydrogen-bond acceptors (Lipinski definition) is 4. The number of ether oxygens (including phenoxy) is 1. The third-order valence-corrected chi connectivity index (χ3v) is 4.28. The smallest absolute Gasteiger partial charge is 0.242 e. The lowest BCUT2D eigenvalue weighted by molar-refractivity contribution is -0.132. The molecule has 0 radical (unpaired) electrons. The normalized spacial score (nSPS) is 17.4. The van der Waals surface area contributed by atoms with Crippen molar-refractivity contribution in [1.29, 1.82) is 0 Å². The molecular formula is C19H23N3O2. The number of para-hydroxylation sites is 2. The van der Waals surface area contributed by atoms with Crippen LogP contribution >= 0.6 is 0 Å². The summed E-state index contributed by atoms with van der Waals surface area (Å²) in [5.41, 5.74) is 2.00. The number of benzene rings is 2. The Labute approximate surface area is 142 Å². The van der Waals surface area contributed by atoms with Crippen LogP contribution in [0.4, 0.5) is 5.69 Å². The van der Waals surface area contributed by atoms with E-state index in [-0.39, 0.29) is 18.5 Å². The summed E-state index contributed by atoms with van der Waals surface area (Å²) in [6, 6.07) is 17.7. The van der Waals surface area contributed by atoms with E-state index in [0.29, 0.717) is 6.54 Å². The number of anilines is 1. The second-order valence-electron chi connectivity index (χ2n) is 5.77. The lowest BCUT2D eigenvalue weighted by Crippen LogP contribution is -2.50. The first-order chi connectivity index (χ1) is 11.8. The molecule has 126 valence electrons. The highest BCUT2D eigenvalue weighted by molar-refractivity contribution is 5.81. The van der Waals surface area contributed by atoms with Gasteiger partial charge in [0.1, 0.15) is 5.75 Å². The summed E-state index contributed by atoms with van der Waals surface area (Å²) in [5.74, 6) is 0.913. The SMILES string of the molecule is COc1ccccc1C1CNCCN1C(=O)CNc1ccccc1. The lowest BCUT2D eigenvalue weighted by atomic mass is 10.0. The molecule has 2 aromatic carbocycles. The molecule has 2 N–H and O–H groups in total. The first-order valence-corrected chi connectivity index (χ1v) is 8.21. The van der Waals surface area contributed by atoms with Crippen LogP contribution in [-0.4, -0.2) is 44.1 Å². The summed E-state index contributed by atoms with van der Waals surface area (Å²) in [4.78, 5) is 14.7. The van der Waals surface area contributed by atoms with Crippen molar-refractivity contribution < 1.29 is 9.53 Å². The van der Waals surface area contributed by atoms with Crippen LogP contribution in [-0.2, 0) is 4.79 Å². The number of carbonyl (C=O) groups excluding carboxylic acids is 1. The minimum atomic E-state index is -0.0139. The first kappa shape index (κ1) is 16.3. The standard InChI is InChI=1S/C19H23N3O2/c1-24-18-10-6-5-9-16(18)17-13-20-11-12-22(17)19(23)14-21-15-7-3-2-4-8-15/h2-10,17,20-21H,11-14H2,1H3. The molecule has 5 nitrogen and oxygen atoms in total. The zero-order chi connectivity index (χ0) is 16.8. The van der Waals surface area contributed by atoms with Crippen LogP contribution in [0.15, 0.2) is 54.6 Å². The number of rotatable bonds is 5. The van der Waals surface area contributed by atoms with Gasteiger partial charge in [-0.05, 0) is 18.2 Å². The number of piperazine rings is 1. The van der Waals surface area contributed by atoms with Crippen molar-refractivity contribution in [3.05, 3.63) is 60.2 Å². The number of nitrogens with one attached hydrogen (secondary N) is 2. The quantitative estimate of drug-likeness (QED) is 0.885. The Morgan fingerprint density at radius 1 is 1.21 bits per heavy atom. The molecule has 0 spiro atoms. The van der Waals surface area contributed by atoms with E-state index in [9.17, 15) is 4.79 Å². The van der Waals surface area contributed by atoms with Gasteiger partial charge in [0, 0.05) is 30.9 Å². The largest absolute Gasteiger partial charge is 0.496 e. The summed E-state index contributed by atoms with van der Waals surface area (Å²) >= 11 is 0. The first-order valence-electron chi connectivity index (χ1n) is 8.21. The van der Waals surface area contributed by atoms with Gasteiger partial charge in [-0.3, -0.25) is 4.79 Å². The maximum absolute atomic E-state index is 12.7. The van der Waals surface area contributed by atoms with Gasteiger partial charge in [0.05, 0.1) is 19.7 Å². The second-order valence-corrected chi connectivity index (χ2v) is 5.77. The maximum atomic E-state index is 12.7. The summed E-state index contributed by atoms with van der Waals surface area (Å²) < 4.78 is 5.47. The van der Waals surface area contributed by atoms with E-state index in [4.69, 9.17) is 4.74 Å².